The molecule has 0 unspecified atom stereocenters. The van der Waals surface area contributed by atoms with Gasteiger partial charge in [-0.1, -0.05) is 0 Å². The van der Waals surface area contributed by atoms with E-state index in [4.69, 9.17) is 0 Å². The fraction of sp³-hybridized carbons (Fsp3) is 0.300. The molecule has 0 radical (unpaired) electrons. The molecule has 92 valence electrons. The highest BCUT2D eigenvalue weighted by Crippen LogP contribution is 2.06. The summed E-state index contributed by atoms with van der Waals surface area (Å²) in [6.45, 7) is 1.48. The average molecular weight is 239 g/mol. The van der Waals surface area contributed by atoms with Crippen molar-refractivity contribution in [3.8, 4) is 5.75 Å². The minimum Gasteiger partial charge on any atom is -0.503 e. The van der Waals surface area contributed by atoms with Gasteiger partial charge in [-0.3, -0.25) is 14.4 Å². The van der Waals surface area contributed by atoms with Crippen molar-refractivity contribution < 1.29 is 14.7 Å². The molecule has 0 bridgehead atoms. The summed E-state index contributed by atoms with van der Waals surface area (Å²) in [5.41, 5.74) is -0.935. The molecule has 2 amide bonds. The van der Waals surface area contributed by atoms with Crippen LogP contribution in [0.15, 0.2) is 17.1 Å². The van der Waals surface area contributed by atoms with Crippen molar-refractivity contribution in [2.45, 2.75) is 13.0 Å². The Morgan fingerprint density at radius 1 is 1.47 bits per heavy atom. The van der Waals surface area contributed by atoms with E-state index in [2.05, 4.69) is 15.6 Å². The Hall–Kier alpha value is -2.31. The molecule has 0 aliphatic rings. The lowest BCUT2D eigenvalue weighted by Crippen LogP contribution is -2.44. The molecule has 0 aliphatic heterocycles. The van der Waals surface area contributed by atoms with E-state index in [1.54, 1.807) is 0 Å². The summed E-state index contributed by atoms with van der Waals surface area (Å²) in [7, 11) is 1.44. The van der Waals surface area contributed by atoms with Gasteiger partial charge >= 0.3 is 0 Å². The molecule has 7 heteroatoms. The lowest BCUT2D eigenvalue weighted by molar-refractivity contribution is -0.122. The first kappa shape index (κ1) is 12.8. The third-order valence-corrected chi connectivity index (χ3v) is 2.15. The maximum atomic E-state index is 11.6. The smallest absolute Gasteiger partial charge is 0.272 e. The number of aromatic amines is 1. The maximum Gasteiger partial charge on any atom is 0.272 e. The van der Waals surface area contributed by atoms with Crippen molar-refractivity contribution in [1.29, 1.82) is 0 Å². The Bertz CT molecular complexity index is 495. The summed E-state index contributed by atoms with van der Waals surface area (Å²) in [5.74, 6) is -1.78. The largest absolute Gasteiger partial charge is 0.503 e. The fourth-order valence-electron chi connectivity index (χ4n) is 1.20. The molecule has 1 aromatic rings. The second-order valence-electron chi connectivity index (χ2n) is 3.37. The van der Waals surface area contributed by atoms with Crippen molar-refractivity contribution >= 4 is 11.8 Å². The molecule has 1 heterocycles. The Morgan fingerprint density at radius 2 is 2.12 bits per heavy atom. The number of aromatic hydroxyl groups is 1. The normalized spacial score (nSPS) is 11.6. The van der Waals surface area contributed by atoms with Gasteiger partial charge in [-0.2, -0.15) is 0 Å². The molecule has 0 spiro atoms. The molecular formula is C10H13N3O4. The van der Waals surface area contributed by atoms with E-state index < -0.39 is 23.1 Å². The molecule has 4 N–H and O–H groups in total. The molecule has 17 heavy (non-hydrogen) atoms. The highest BCUT2D eigenvalue weighted by Gasteiger charge is 2.19. The highest BCUT2D eigenvalue weighted by molar-refractivity contribution is 5.97. The van der Waals surface area contributed by atoms with E-state index in [1.165, 1.54) is 20.2 Å². The van der Waals surface area contributed by atoms with Gasteiger partial charge in [0.25, 0.3) is 5.91 Å². The van der Waals surface area contributed by atoms with Crippen LogP contribution in [-0.2, 0) is 4.79 Å². The summed E-state index contributed by atoms with van der Waals surface area (Å²) >= 11 is 0. The molecule has 1 rings (SSSR count). The van der Waals surface area contributed by atoms with Gasteiger partial charge in [0, 0.05) is 19.3 Å². The minimum absolute atomic E-state index is 0.270. The SMILES string of the molecule is CNC(=O)[C@H](C)NC(=O)c1[nH]ccc(=O)c1O. The van der Waals surface area contributed by atoms with Crippen molar-refractivity contribution in [1.82, 2.24) is 15.6 Å². The fourth-order valence-corrected chi connectivity index (χ4v) is 1.20. The number of carbonyl (C=O) groups excluding carboxylic acids is 2. The highest BCUT2D eigenvalue weighted by atomic mass is 16.3. The van der Waals surface area contributed by atoms with Gasteiger partial charge in [0.05, 0.1) is 0 Å². The first-order valence-electron chi connectivity index (χ1n) is 4.90. The zero-order chi connectivity index (χ0) is 13.0. The van der Waals surface area contributed by atoms with Gasteiger partial charge in [-0.05, 0) is 6.92 Å². The van der Waals surface area contributed by atoms with Crippen molar-refractivity contribution in [2.24, 2.45) is 0 Å². The van der Waals surface area contributed by atoms with Crippen LogP contribution in [0.5, 0.6) is 5.75 Å². The Kier molecular flexibility index (Phi) is 3.86. The molecule has 0 saturated carbocycles. The number of rotatable bonds is 3. The van der Waals surface area contributed by atoms with Crippen LogP contribution in [-0.4, -0.2) is 35.0 Å². The van der Waals surface area contributed by atoms with Gasteiger partial charge < -0.3 is 20.7 Å². The summed E-state index contributed by atoms with van der Waals surface area (Å²) in [6, 6.07) is 0.324. The number of amides is 2. The van der Waals surface area contributed by atoms with Crippen LogP contribution < -0.4 is 16.1 Å². The molecule has 7 nitrogen and oxygen atoms in total. The Balaban J connectivity index is 2.88. The predicted octanol–water partition coefficient (Wildman–Crippen LogP) is -1.06. The lowest BCUT2D eigenvalue weighted by Gasteiger charge is -2.12. The topological polar surface area (TPSA) is 111 Å². The van der Waals surface area contributed by atoms with Crippen LogP contribution in [0.4, 0.5) is 0 Å². The molecule has 0 aliphatic carbocycles. The van der Waals surface area contributed by atoms with Crippen molar-refractivity contribution in [2.75, 3.05) is 7.05 Å². The Labute approximate surface area is 96.9 Å². The standard InChI is InChI=1S/C10H13N3O4/c1-5(9(16)11-2)13-10(17)7-8(15)6(14)3-4-12-7/h3-5,15H,1-2H3,(H,11,16)(H,12,14)(H,13,17)/t5-/m0/s1. The molecule has 0 fully saturated rings. The lowest BCUT2D eigenvalue weighted by atomic mass is 10.2. The minimum atomic E-state index is -0.768. The monoisotopic (exact) mass is 239 g/mol. The van der Waals surface area contributed by atoms with Gasteiger partial charge in [0.1, 0.15) is 6.04 Å². The van der Waals surface area contributed by atoms with Crippen molar-refractivity contribution in [3.63, 3.8) is 0 Å². The average Bonchev–Trinajstić information content (AvgIpc) is 2.31. The number of hydrogen-bond acceptors (Lipinski definition) is 4. The van der Waals surface area contributed by atoms with E-state index in [0.717, 1.165) is 6.07 Å². The second kappa shape index (κ2) is 5.15. The summed E-state index contributed by atoms with van der Waals surface area (Å²) in [5, 5.41) is 14.1. The van der Waals surface area contributed by atoms with E-state index in [9.17, 15) is 19.5 Å². The van der Waals surface area contributed by atoms with Gasteiger partial charge in [0.2, 0.25) is 11.3 Å². The van der Waals surface area contributed by atoms with Crippen LogP contribution in [0.25, 0.3) is 0 Å². The number of aromatic nitrogens is 1. The van der Waals surface area contributed by atoms with E-state index in [1.807, 2.05) is 0 Å². The first-order chi connectivity index (χ1) is 7.97. The molecule has 0 saturated heterocycles. The molecule has 0 aromatic carbocycles. The number of nitrogens with one attached hydrogen (secondary N) is 3. The van der Waals surface area contributed by atoms with E-state index in [0.29, 0.717) is 0 Å². The van der Waals surface area contributed by atoms with Gasteiger partial charge in [-0.15, -0.1) is 0 Å². The van der Waals surface area contributed by atoms with Gasteiger partial charge in [-0.25, -0.2) is 0 Å². The molecule has 1 aromatic heterocycles. The second-order valence-corrected chi connectivity index (χ2v) is 3.37. The molecular weight excluding hydrogens is 226 g/mol. The van der Waals surface area contributed by atoms with Crippen LogP contribution >= 0.6 is 0 Å². The number of pyridine rings is 1. The number of carbonyl (C=O) groups is 2. The zero-order valence-electron chi connectivity index (χ0n) is 9.40. The summed E-state index contributed by atoms with van der Waals surface area (Å²) in [4.78, 5) is 36.3. The number of H-pyrrole nitrogens is 1. The predicted molar refractivity (Wildman–Crippen MR) is 59.7 cm³/mol. The van der Waals surface area contributed by atoms with Crippen LogP contribution in [0, 0.1) is 0 Å². The quantitative estimate of drug-likeness (QED) is 0.539. The third-order valence-electron chi connectivity index (χ3n) is 2.15. The number of likely N-dealkylation sites (N-methyl/N-ethyl adjacent to an activating group) is 1. The van der Waals surface area contributed by atoms with E-state index in [-0.39, 0.29) is 11.6 Å². The number of hydrogen-bond donors (Lipinski definition) is 4. The van der Waals surface area contributed by atoms with Crippen LogP contribution in [0.3, 0.4) is 0 Å². The zero-order valence-corrected chi connectivity index (χ0v) is 9.40. The maximum absolute atomic E-state index is 11.6. The molecule has 1 atom stereocenters. The summed E-state index contributed by atoms with van der Waals surface area (Å²) in [6.07, 6.45) is 1.24. The van der Waals surface area contributed by atoms with E-state index >= 15 is 0 Å². The Morgan fingerprint density at radius 3 is 2.71 bits per heavy atom. The van der Waals surface area contributed by atoms with Gasteiger partial charge in [0.15, 0.2) is 11.4 Å². The van der Waals surface area contributed by atoms with Crippen LogP contribution in [0.2, 0.25) is 0 Å². The summed E-state index contributed by atoms with van der Waals surface area (Å²) < 4.78 is 0. The van der Waals surface area contributed by atoms with Crippen molar-refractivity contribution in [3.05, 3.63) is 28.2 Å². The van der Waals surface area contributed by atoms with Crippen LogP contribution in [0.1, 0.15) is 17.4 Å². The first-order valence-corrected chi connectivity index (χ1v) is 4.90. The third kappa shape index (κ3) is 2.83.